The van der Waals surface area contributed by atoms with Crippen LogP contribution in [0.1, 0.15) is 41.9 Å². The number of benzene rings is 4. The molecule has 2 atom stereocenters. The number of hydrogen-bond acceptors (Lipinski definition) is 6. The summed E-state index contributed by atoms with van der Waals surface area (Å²) in [6.45, 7) is 1.94. The molecular weight excluding hydrogens is 636 g/mol. The number of sulfone groups is 1. The summed E-state index contributed by atoms with van der Waals surface area (Å²) in [6, 6.07) is 32.6. The van der Waals surface area contributed by atoms with Crippen LogP contribution in [0.3, 0.4) is 0 Å². The Balaban J connectivity index is 1.44. The second-order valence-corrected chi connectivity index (χ2v) is 14.9. The first-order valence-corrected chi connectivity index (χ1v) is 17.7. The predicted octanol–water partition coefficient (Wildman–Crippen LogP) is 7.08. The quantitative estimate of drug-likeness (QED) is 0.160. The van der Waals surface area contributed by atoms with Gasteiger partial charge in [0.25, 0.3) is 0 Å². The summed E-state index contributed by atoms with van der Waals surface area (Å²) >= 11 is 3.61. The van der Waals surface area contributed by atoms with Crippen molar-refractivity contribution >= 4 is 47.4 Å². The molecule has 6 rings (SSSR count). The van der Waals surface area contributed by atoms with Crippen molar-refractivity contribution in [3.63, 3.8) is 0 Å². The van der Waals surface area contributed by atoms with Crippen molar-refractivity contribution in [2.45, 2.75) is 30.8 Å². The van der Waals surface area contributed by atoms with Gasteiger partial charge in [-0.3, -0.25) is 0 Å². The first kappa shape index (κ1) is 30.7. The van der Waals surface area contributed by atoms with Gasteiger partial charge in [0.15, 0.2) is 9.84 Å². The maximum absolute atomic E-state index is 13.2. The summed E-state index contributed by atoms with van der Waals surface area (Å²) in [6.07, 6.45) is 2.10. The van der Waals surface area contributed by atoms with Gasteiger partial charge in [0.1, 0.15) is 5.60 Å². The smallest absolute Gasteiger partial charge is 0.217 e. The zero-order valence-electron chi connectivity index (χ0n) is 24.8. The molecule has 1 aliphatic heterocycles. The zero-order chi connectivity index (χ0) is 30.7. The van der Waals surface area contributed by atoms with E-state index in [2.05, 4.69) is 63.3 Å². The molecule has 1 fully saturated rings. The number of hydrogen-bond donors (Lipinski definition) is 1. The van der Waals surface area contributed by atoms with E-state index in [1.54, 1.807) is 7.11 Å². The Morgan fingerprint density at radius 1 is 0.886 bits per heavy atom. The molecule has 2 heterocycles. The minimum Gasteiger partial charge on any atom is -0.481 e. The molecule has 228 valence electrons. The number of halogens is 1. The van der Waals surface area contributed by atoms with Crippen LogP contribution in [-0.2, 0) is 15.4 Å². The Labute approximate surface area is 267 Å². The normalized spacial score (nSPS) is 17.3. The monoisotopic (exact) mass is 672 g/mol. The molecule has 8 heteroatoms. The number of methoxy groups -OCH3 is 1. The summed E-state index contributed by atoms with van der Waals surface area (Å²) in [4.78, 5) is 7.12. The van der Waals surface area contributed by atoms with Crippen molar-refractivity contribution < 1.29 is 18.3 Å². The molecule has 6 nitrogen and oxygen atoms in total. The van der Waals surface area contributed by atoms with Crippen LogP contribution in [0.15, 0.2) is 102 Å². The molecule has 44 heavy (non-hydrogen) atoms. The SMILES string of the molecule is COc1nc2ccc(Br)cc2cc1C(c1ccccc1)C(O)(CCCCN1CCS(=O)(=O)CC1)c1ccc2ccccc2c1. The van der Waals surface area contributed by atoms with Crippen molar-refractivity contribution in [2.75, 3.05) is 38.2 Å². The van der Waals surface area contributed by atoms with Gasteiger partial charge in [-0.2, -0.15) is 0 Å². The van der Waals surface area contributed by atoms with E-state index in [9.17, 15) is 13.5 Å². The largest absolute Gasteiger partial charge is 0.481 e. The molecule has 0 spiro atoms. The van der Waals surface area contributed by atoms with Crippen molar-refractivity contribution in [2.24, 2.45) is 0 Å². The highest BCUT2D eigenvalue weighted by Gasteiger charge is 2.42. The number of nitrogens with zero attached hydrogens (tertiary/aromatic N) is 2. The first-order valence-electron chi connectivity index (χ1n) is 15.1. The number of fused-ring (bicyclic) bond motifs is 2. The number of unbranched alkanes of at least 4 members (excludes halogenated alkanes) is 1. The van der Waals surface area contributed by atoms with Crippen molar-refractivity contribution in [3.05, 3.63) is 118 Å². The Morgan fingerprint density at radius 2 is 1.61 bits per heavy atom. The lowest BCUT2D eigenvalue weighted by molar-refractivity contribution is 0.00672. The van der Waals surface area contributed by atoms with Gasteiger partial charge in [0, 0.05) is 34.4 Å². The van der Waals surface area contributed by atoms with Gasteiger partial charge >= 0.3 is 0 Å². The molecule has 0 amide bonds. The molecule has 0 aliphatic carbocycles. The topological polar surface area (TPSA) is 79.7 Å². The molecular formula is C36H37BrN2O4S. The Kier molecular flexibility index (Phi) is 9.06. The van der Waals surface area contributed by atoms with E-state index in [4.69, 9.17) is 9.72 Å². The van der Waals surface area contributed by atoms with Crippen LogP contribution in [0.5, 0.6) is 5.88 Å². The van der Waals surface area contributed by atoms with Crippen LogP contribution < -0.4 is 4.74 Å². The molecule has 0 bridgehead atoms. The molecule has 1 aromatic heterocycles. The minimum atomic E-state index is -2.92. The number of pyridine rings is 1. The molecule has 4 aromatic carbocycles. The van der Waals surface area contributed by atoms with Gasteiger partial charge in [-0.15, -0.1) is 0 Å². The molecule has 0 radical (unpaired) electrons. The van der Waals surface area contributed by atoms with Gasteiger partial charge in [0.05, 0.1) is 24.1 Å². The number of rotatable bonds is 10. The highest BCUT2D eigenvalue weighted by Crippen LogP contribution is 2.48. The molecule has 0 saturated carbocycles. The Hall–Kier alpha value is -3.30. The fourth-order valence-corrected chi connectivity index (χ4v) is 8.15. The van der Waals surface area contributed by atoms with Crippen LogP contribution in [0.25, 0.3) is 21.7 Å². The maximum atomic E-state index is 13.2. The number of aromatic nitrogens is 1. The lowest BCUT2D eigenvalue weighted by Gasteiger charge is -2.38. The van der Waals surface area contributed by atoms with Crippen molar-refractivity contribution in [3.8, 4) is 5.88 Å². The minimum absolute atomic E-state index is 0.217. The van der Waals surface area contributed by atoms with E-state index in [1.807, 2.05) is 54.6 Å². The van der Waals surface area contributed by atoms with E-state index in [0.29, 0.717) is 25.4 Å². The summed E-state index contributed by atoms with van der Waals surface area (Å²) in [5, 5.41) is 16.3. The average Bonchev–Trinajstić information content (AvgIpc) is 3.03. The lowest BCUT2D eigenvalue weighted by atomic mass is 9.71. The highest BCUT2D eigenvalue weighted by atomic mass is 79.9. The van der Waals surface area contributed by atoms with Crippen molar-refractivity contribution in [1.29, 1.82) is 0 Å². The van der Waals surface area contributed by atoms with E-state index in [-0.39, 0.29) is 11.5 Å². The zero-order valence-corrected chi connectivity index (χ0v) is 27.2. The fourth-order valence-electron chi connectivity index (χ4n) is 6.49. The van der Waals surface area contributed by atoms with Crippen LogP contribution in [0.4, 0.5) is 0 Å². The van der Waals surface area contributed by atoms with E-state index in [1.165, 1.54) is 0 Å². The summed E-state index contributed by atoms with van der Waals surface area (Å²) in [5.41, 5.74) is 2.15. The van der Waals surface area contributed by atoms with E-state index < -0.39 is 21.4 Å². The molecule has 1 saturated heterocycles. The van der Waals surface area contributed by atoms with Crippen LogP contribution >= 0.6 is 15.9 Å². The molecule has 5 aromatic rings. The number of ether oxygens (including phenoxy) is 1. The highest BCUT2D eigenvalue weighted by molar-refractivity contribution is 9.10. The van der Waals surface area contributed by atoms with E-state index >= 15 is 0 Å². The van der Waals surface area contributed by atoms with Crippen LogP contribution in [-0.4, -0.2) is 61.7 Å². The number of aliphatic hydroxyl groups is 1. The summed E-state index contributed by atoms with van der Waals surface area (Å²) < 4.78 is 30.7. The maximum Gasteiger partial charge on any atom is 0.217 e. The second kappa shape index (κ2) is 13.0. The van der Waals surface area contributed by atoms with Gasteiger partial charge in [-0.25, -0.2) is 13.4 Å². The Morgan fingerprint density at radius 3 is 2.36 bits per heavy atom. The Bertz CT molecular complexity index is 1870. The second-order valence-electron chi connectivity index (χ2n) is 11.7. The third-order valence-electron chi connectivity index (χ3n) is 8.85. The van der Waals surface area contributed by atoms with Gasteiger partial charge < -0.3 is 14.7 Å². The van der Waals surface area contributed by atoms with E-state index in [0.717, 1.165) is 62.2 Å². The van der Waals surface area contributed by atoms with Gasteiger partial charge in [-0.1, -0.05) is 82.7 Å². The van der Waals surface area contributed by atoms with Gasteiger partial charge in [-0.05, 0) is 78.0 Å². The fraction of sp³-hybridized carbons (Fsp3) is 0.306. The first-order chi connectivity index (χ1) is 21.3. The predicted molar refractivity (Wildman–Crippen MR) is 181 cm³/mol. The molecule has 1 N–H and O–H groups in total. The summed E-state index contributed by atoms with van der Waals surface area (Å²) in [7, 11) is -1.29. The lowest BCUT2D eigenvalue weighted by Crippen LogP contribution is -2.40. The van der Waals surface area contributed by atoms with Crippen LogP contribution in [0, 0.1) is 0 Å². The standard InChI is InChI=1S/C36H37BrN2O4S/c1-43-35-32(25-29-24-31(37)15-16-33(29)38-35)34(27-10-3-2-4-11-27)36(40,30-14-13-26-9-5-6-12-28(26)23-30)17-7-8-18-39-19-21-44(41,42)22-20-39/h2-6,9-16,23-25,34,40H,7-8,17-22H2,1H3. The van der Waals surface area contributed by atoms with Gasteiger partial charge in [0.2, 0.25) is 5.88 Å². The average molecular weight is 674 g/mol. The third-order valence-corrected chi connectivity index (χ3v) is 11.0. The summed E-state index contributed by atoms with van der Waals surface area (Å²) in [5.74, 6) is 0.447. The third kappa shape index (κ3) is 6.54. The van der Waals surface area contributed by atoms with Crippen LogP contribution in [0.2, 0.25) is 0 Å². The molecule has 1 aliphatic rings. The van der Waals surface area contributed by atoms with Crippen molar-refractivity contribution in [1.82, 2.24) is 9.88 Å². The molecule has 2 unspecified atom stereocenters.